The Labute approximate surface area is 122 Å². The standard InChI is InChI=1S/C14H17ClFN3O/c1-10(11-3-4-14(16)13(15)7-11)18-12-8-17-19(9-12)5-6-20-2/h3-4,7-10,18H,5-6H2,1-2H3. The van der Waals surface area contributed by atoms with E-state index in [0.29, 0.717) is 13.2 Å². The van der Waals surface area contributed by atoms with Crippen molar-refractivity contribution in [1.82, 2.24) is 9.78 Å². The van der Waals surface area contributed by atoms with Gasteiger partial charge < -0.3 is 10.1 Å². The first-order valence-electron chi connectivity index (χ1n) is 6.33. The van der Waals surface area contributed by atoms with Crippen LogP contribution in [0.4, 0.5) is 10.1 Å². The van der Waals surface area contributed by atoms with Gasteiger partial charge in [0.15, 0.2) is 0 Å². The molecule has 0 bridgehead atoms. The number of nitrogens with one attached hydrogen (secondary N) is 1. The number of rotatable bonds is 6. The molecule has 0 radical (unpaired) electrons. The van der Waals surface area contributed by atoms with E-state index in [9.17, 15) is 4.39 Å². The second-order valence-corrected chi connectivity index (χ2v) is 4.93. The normalized spacial score (nSPS) is 12.4. The van der Waals surface area contributed by atoms with Gasteiger partial charge in [-0.1, -0.05) is 17.7 Å². The predicted molar refractivity (Wildman–Crippen MR) is 77.6 cm³/mol. The van der Waals surface area contributed by atoms with E-state index >= 15 is 0 Å². The number of anilines is 1. The van der Waals surface area contributed by atoms with Crippen molar-refractivity contribution in [2.75, 3.05) is 19.0 Å². The molecule has 1 heterocycles. The van der Waals surface area contributed by atoms with Gasteiger partial charge in [0.2, 0.25) is 0 Å². The van der Waals surface area contributed by atoms with Crippen LogP contribution in [-0.4, -0.2) is 23.5 Å². The third-order valence-corrected chi connectivity index (χ3v) is 3.27. The quantitative estimate of drug-likeness (QED) is 0.887. The summed E-state index contributed by atoms with van der Waals surface area (Å²) >= 11 is 5.79. The molecule has 0 saturated carbocycles. The van der Waals surface area contributed by atoms with Gasteiger partial charge >= 0.3 is 0 Å². The molecule has 0 amide bonds. The molecule has 1 aromatic heterocycles. The Morgan fingerprint density at radius 3 is 3.00 bits per heavy atom. The number of hydrogen-bond donors (Lipinski definition) is 1. The zero-order valence-corrected chi connectivity index (χ0v) is 12.2. The summed E-state index contributed by atoms with van der Waals surface area (Å²) < 4.78 is 19.9. The summed E-state index contributed by atoms with van der Waals surface area (Å²) in [5.41, 5.74) is 1.81. The third-order valence-electron chi connectivity index (χ3n) is 2.98. The fourth-order valence-electron chi connectivity index (χ4n) is 1.86. The molecular weight excluding hydrogens is 281 g/mol. The molecule has 108 valence electrons. The molecule has 1 atom stereocenters. The molecule has 2 rings (SSSR count). The zero-order chi connectivity index (χ0) is 14.5. The lowest BCUT2D eigenvalue weighted by Crippen LogP contribution is -2.07. The highest BCUT2D eigenvalue weighted by Crippen LogP contribution is 2.23. The average Bonchev–Trinajstić information content (AvgIpc) is 2.87. The van der Waals surface area contributed by atoms with Crippen molar-refractivity contribution in [3.8, 4) is 0 Å². The molecule has 4 nitrogen and oxygen atoms in total. The molecular formula is C14H17ClFN3O. The third kappa shape index (κ3) is 3.71. The summed E-state index contributed by atoms with van der Waals surface area (Å²) in [6.07, 6.45) is 3.65. The number of benzene rings is 1. The molecule has 6 heteroatoms. The lowest BCUT2D eigenvalue weighted by molar-refractivity contribution is 0.183. The molecule has 20 heavy (non-hydrogen) atoms. The summed E-state index contributed by atoms with van der Waals surface area (Å²) in [5.74, 6) is -0.407. The van der Waals surface area contributed by atoms with Gasteiger partial charge in [-0.3, -0.25) is 4.68 Å². The van der Waals surface area contributed by atoms with E-state index in [0.717, 1.165) is 11.3 Å². The molecule has 2 aromatic rings. The van der Waals surface area contributed by atoms with Gasteiger partial charge in [-0.25, -0.2) is 4.39 Å². The average molecular weight is 298 g/mol. The van der Waals surface area contributed by atoms with Crippen LogP contribution in [0.5, 0.6) is 0 Å². The van der Waals surface area contributed by atoms with Crippen LogP contribution >= 0.6 is 11.6 Å². The molecule has 0 aliphatic carbocycles. The molecule has 1 aromatic carbocycles. The van der Waals surface area contributed by atoms with Gasteiger partial charge in [-0.15, -0.1) is 0 Å². The van der Waals surface area contributed by atoms with Gasteiger partial charge in [-0.2, -0.15) is 5.10 Å². The van der Waals surface area contributed by atoms with Gasteiger partial charge in [-0.05, 0) is 24.6 Å². The van der Waals surface area contributed by atoms with Crippen molar-refractivity contribution in [3.05, 3.63) is 47.0 Å². The van der Waals surface area contributed by atoms with Gasteiger partial charge in [0.1, 0.15) is 5.82 Å². The largest absolute Gasteiger partial charge is 0.383 e. The Hall–Kier alpha value is -1.59. The number of halogens is 2. The maximum Gasteiger partial charge on any atom is 0.141 e. The fraction of sp³-hybridized carbons (Fsp3) is 0.357. The second kappa shape index (κ2) is 6.72. The Morgan fingerprint density at radius 2 is 2.30 bits per heavy atom. The highest BCUT2D eigenvalue weighted by atomic mass is 35.5. The van der Waals surface area contributed by atoms with Crippen LogP contribution in [0.25, 0.3) is 0 Å². The van der Waals surface area contributed by atoms with Crippen molar-refractivity contribution >= 4 is 17.3 Å². The topological polar surface area (TPSA) is 39.1 Å². The minimum atomic E-state index is -0.407. The molecule has 0 spiro atoms. The summed E-state index contributed by atoms with van der Waals surface area (Å²) in [6.45, 7) is 3.30. The van der Waals surface area contributed by atoms with Crippen LogP contribution in [0.1, 0.15) is 18.5 Å². The highest BCUT2D eigenvalue weighted by Gasteiger charge is 2.09. The Kier molecular flexibility index (Phi) is 4.98. The molecule has 1 unspecified atom stereocenters. The second-order valence-electron chi connectivity index (χ2n) is 4.52. The number of hydrogen-bond acceptors (Lipinski definition) is 3. The maximum absolute atomic E-state index is 13.1. The fourth-order valence-corrected chi connectivity index (χ4v) is 2.05. The van der Waals surface area contributed by atoms with E-state index in [1.807, 2.05) is 13.1 Å². The van der Waals surface area contributed by atoms with E-state index in [-0.39, 0.29) is 11.1 Å². The Bertz CT molecular complexity index is 573. The van der Waals surface area contributed by atoms with E-state index in [2.05, 4.69) is 10.4 Å². The van der Waals surface area contributed by atoms with Gasteiger partial charge in [0.05, 0.1) is 30.1 Å². The predicted octanol–water partition coefficient (Wildman–Crippen LogP) is 3.50. The van der Waals surface area contributed by atoms with Crippen LogP contribution < -0.4 is 5.32 Å². The smallest absolute Gasteiger partial charge is 0.141 e. The molecule has 0 fully saturated rings. The first kappa shape index (κ1) is 14.8. The minimum absolute atomic E-state index is 0.00757. The van der Waals surface area contributed by atoms with Crippen LogP contribution in [0.15, 0.2) is 30.6 Å². The monoisotopic (exact) mass is 297 g/mol. The van der Waals surface area contributed by atoms with Gasteiger partial charge in [0, 0.05) is 19.3 Å². The van der Waals surface area contributed by atoms with Crippen LogP contribution in [0.2, 0.25) is 5.02 Å². The number of methoxy groups -OCH3 is 1. The van der Waals surface area contributed by atoms with Crippen LogP contribution in [0.3, 0.4) is 0 Å². The van der Waals surface area contributed by atoms with Crippen LogP contribution in [0, 0.1) is 5.82 Å². The lowest BCUT2D eigenvalue weighted by atomic mass is 10.1. The molecule has 0 saturated heterocycles. The first-order valence-corrected chi connectivity index (χ1v) is 6.71. The first-order chi connectivity index (χ1) is 9.60. The van der Waals surface area contributed by atoms with Crippen molar-refractivity contribution in [1.29, 1.82) is 0 Å². The highest BCUT2D eigenvalue weighted by molar-refractivity contribution is 6.30. The summed E-state index contributed by atoms with van der Waals surface area (Å²) in [4.78, 5) is 0. The number of ether oxygens (including phenoxy) is 1. The Morgan fingerprint density at radius 1 is 1.50 bits per heavy atom. The number of aromatic nitrogens is 2. The van der Waals surface area contributed by atoms with Crippen LogP contribution in [-0.2, 0) is 11.3 Å². The van der Waals surface area contributed by atoms with Crippen molar-refractivity contribution < 1.29 is 9.13 Å². The lowest BCUT2D eigenvalue weighted by Gasteiger charge is -2.14. The van der Waals surface area contributed by atoms with E-state index < -0.39 is 5.82 Å². The zero-order valence-electron chi connectivity index (χ0n) is 11.4. The van der Waals surface area contributed by atoms with Crippen molar-refractivity contribution in [3.63, 3.8) is 0 Å². The van der Waals surface area contributed by atoms with Crippen molar-refractivity contribution in [2.45, 2.75) is 19.5 Å². The summed E-state index contributed by atoms with van der Waals surface area (Å²) in [6, 6.07) is 4.73. The summed E-state index contributed by atoms with van der Waals surface area (Å²) in [5, 5.41) is 7.65. The molecule has 0 aliphatic rings. The minimum Gasteiger partial charge on any atom is -0.383 e. The maximum atomic E-state index is 13.1. The van der Waals surface area contributed by atoms with Gasteiger partial charge in [0.25, 0.3) is 0 Å². The SMILES string of the molecule is COCCn1cc(NC(C)c2ccc(F)c(Cl)c2)cn1. The summed E-state index contributed by atoms with van der Waals surface area (Å²) in [7, 11) is 1.66. The van der Waals surface area contributed by atoms with Crippen molar-refractivity contribution in [2.24, 2.45) is 0 Å². The molecule has 1 N–H and O–H groups in total. The van der Waals surface area contributed by atoms with E-state index in [4.69, 9.17) is 16.3 Å². The number of nitrogens with zero attached hydrogens (tertiary/aromatic N) is 2. The Balaban J connectivity index is 2.01. The molecule has 0 aliphatic heterocycles. The van der Waals surface area contributed by atoms with E-state index in [1.165, 1.54) is 6.07 Å². The van der Waals surface area contributed by atoms with E-state index in [1.54, 1.807) is 30.1 Å².